The number of nitrogens with zero attached hydrogens (tertiary/aromatic N) is 2. The largest absolute Gasteiger partial charge is 0.493 e. The molecule has 2 aliphatic rings. The van der Waals surface area contributed by atoms with Crippen molar-refractivity contribution in [2.45, 2.75) is 64.3 Å². The van der Waals surface area contributed by atoms with Crippen LogP contribution < -0.4 is 9.46 Å². The summed E-state index contributed by atoms with van der Waals surface area (Å²) in [4.78, 5) is 29.8. The second-order valence-electron chi connectivity index (χ2n) is 9.98. The van der Waals surface area contributed by atoms with Crippen LogP contribution in [0.2, 0.25) is 0 Å². The molecule has 10 heteroatoms. The first-order chi connectivity index (χ1) is 17.1. The van der Waals surface area contributed by atoms with Gasteiger partial charge in [-0.1, -0.05) is 38.8 Å². The molecule has 0 spiro atoms. The lowest BCUT2D eigenvalue weighted by Crippen LogP contribution is -2.45. The van der Waals surface area contributed by atoms with Crippen LogP contribution in [0.1, 0.15) is 63.0 Å². The Morgan fingerprint density at radius 2 is 1.89 bits per heavy atom. The van der Waals surface area contributed by atoms with Gasteiger partial charge in [-0.3, -0.25) is 14.5 Å². The van der Waals surface area contributed by atoms with Crippen LogP contribution in [0, 0.1) is 5.92 Å². The van der Waals surface area contributed by atoms with E-state index in [-0.39, 0.29) is 24.9 Å². The Balaban J connectivity index is 1.85. The van der Waals surface area contributed by atoms with Gasteiger partial charge in [0.15, 0.2) is 0 Å². The number of aliphatic carboxylic acids is 1. The molecule has 0 aromatic heterocycles. The fourth-order valence-corrected chi connectivity index (χ4v) is 5.84. The van der Waals surface area contributed by atoms with Gasteiger partial charge >= 0.3 is 5.97 Å². The zero-order chi connectivity index (χ0) is 26.3. The first kappa shape index (κ1) is 28.4. The maximum absolute atomic E-state index is 13.4. The Morgan fingerprint density at radius 3 is 2.50 bits per heavy atom. The van der Waals surface area contributed by atoms with Crippen molar-refractivity contribution in [3.63, 3.8) is 0 Å². The summed E-state index contributed by atoms with van der Waals surface area (Å²) < 4.78 is 31.4. The van der Waals surface area contributed by atoms with Crippen LogP contribution in [0.15, 0.2) is 18.2 Å². The van der Waals surface area contributed by atoms with E-state index in [2.05, 4.69) is 18.6 Å². The highest BCUT2D eigenvalue weighted by molar-refractivity contribution is 7.88. The van der Waals surface area contributed by atoms with E-state index in [4.69, 9.17) is 4.74 Å². The number of hydrogen-bond donors (Lipinski definition) is 2. The van der Waals surface area contributed by atoms with Crippen LogP contribution >= 0.6 is 0 Å². The first-order valence-electron chi connectivity index (χ1n) is 13.1. The highest BCUT2D eigenvalue weighted by atomic mass is 32.2. The van der Waals surface area contributed by atoms with Crippen LogP contribution in [-0.4, -0.2) is 86.8 Å². The van der Waals surface area contributed by atoms with Crippen molar-refractivity contribution in [2.75, 3.05) is 45.6 Å². The summed E-state index contributed by atoms with van der Waals surface area (Å²) in [6.07, 6.45) is 6.03. The third-order valence-electron chi connectivity index (χ3n) is 7.23. The second-order valence-corrected chi connectivity index (χ2v) is 11.8. The fourth-order valence-electron chi connectivity index (χ4n) is 5.35. The highest BCUT2D eigenvalue weighted by Gasteiger charge is 2.47. The monoisotopic (exact) mass is 523 g/mol. The number of amides is 1. The topological polar surface area (TPSA) is 116 Å². The number of likely N-dealkylation sites (tertiary alicyclic amines) is 1. The molecule has 2 aliphatic heterocycles. The molecule has 0 radical (unpaired) electrons. The van der Waals surface area contributed by atoms with Gasteiger partial charge in [-0.15, -0.1) is 0 Å². The van der Waals surface area contributed by atoms with E-state index in [9.17, 15) is 23.1 Å². The van der Waals surface area contributed by atoms with Crippen LogP contribution in [0.5, 0.6) is 5.75 Å². The molecule has 3 atom stereocenters. The van der Waals surface area contributed by atoms with Gasteiger partial charge in [0.1, 0.15) is 5.75 Å². The van der Waals surface area contributed by atoms with Gasteiger partial charge in [0.2, 0.25) is 15.9 Å². The van der Waals surface area contributed by atoms with Crippen molar-refractivity contribution in [2.24, 2.45) is 5.92 Å². The van der Waals surface area contributed by atoms with Gasteiger partial charge in [0, 0.05) is 44.6 Å². The van der Waals surface area contributed by atoms with Crippen molar-refractivity contribution >= 4 is 21.9 Å². The Morgan fingerprint density at radius 1 is 1.19 bits per heavy atom. The molecule has 3 rings (SSSR count). The Labute approximate surface area is 215 Å². The zero-order valence-electron chi connectivity index (χ0n) is 21.7. The van der Waals surface area contributed by atoms with Crippen molar-refractivity contribution in [3.8, 4) is 5.75 Å². The summed E-state index contributed by atoms with van der Waals surface area (Å²) in [5, 5.41) is 10.3. The van der Waals surface area contributed by atoms with Crippen LogP contribution in [0.3, 0.4) is 0 Å². The molecular formula is C26H41N3O6S. The number of sulfonamides is 1. The predicted molar refractivity (Wildman–Crippen MR) is 139 cm³/mol. The zero-order valence-corrected chi connectivity index (χ0v) is 22.6. The van der Waals surface area contributed by atoms with E-state index in [0.717, 1.165) is 55.2 Å². The van der Waals surface area contributed by atoms with Crippen LogP contribution in [-0.2, 0) is 26.0 Å². The van der Waals surface area contributed by atoms with Crippen molar-refractivity contribution in [3.05, 3.63) is 29.3 Å². The van der Waals surface area contributed by atoms with Gasteiger partial charge in [-0.25, -0.2) is 13.1 Å². The molecule has 2 heterocycles. The van der Waals surface area contributed by atoms with E-state index >= 15 is 0 Å². The SMILES string of the molecule is CCCCN(CCCC)C(=O)CN1C[C@H](c2ccc3c(c2)CCO3)[C@@H](C(=O)O)[C@@H]1CCNS(C)(=O)=O. The lowest BCUT2D eigenvalue weighted by Gasteiger charge is -2.29. The van der Waals surface area contributed by atoms with Crippen LogP contribution in [0.25, 0.3) is 0 Å². The number of rotatable bonds is 14. The summed E-state index contributed by atoms with van der Waals surface area (Å²) in [5.74, 6) is -1.13. The fraction of sp³-hybridized carbons (Fsp3) is 0.692. The summed E-state index contributed by atoms with van der Waals surface area (Å²) >= 11 is 0. The number of carboxylic acid groups (broad SMARTS) is 1. The van der Waals surface area contributed by atoms with Gasteiger partial charge in [-0.05, 0) is 36.5 Å². The number of carbonyl (C=O) groups is 2. The van der Waals surface area contributed by atoms with Crippen LogP contribution in [0.4, 0.5) is 0 Å². The Hall–Kier alpha value is -2.17. The Bertz CT molecular complexity index is 1010. The number of fused-ring (bicyclic) bond motifs is 1. The van der Waals surface area contributed by atoms with Crippen molar-refractivity contribution < 1.29 is 27.9 Å². The number of unbranched alkanes of at least 4 members (excludes halogenated alkanes) is 2. The van der Waals surface area contributed by atoms with E-state index in [1.807, 2.05) is 28.0 Å². The molecule has 0 unspecified atom stereocenters. The summed E-state index contributed by atoms with van der Waals surface area (Å²) in [7, 11) is -3.41. The summed E-state index contributed by atoms with van der Waals surface area (Å²) in [5.41, 5.74) is 2.00. The predicted octanol–water partition coefficient (Wildman–Crippen LogP) is 2.46. The lowest BCUT2D eigenvalue weighted by molar-refractivity contribution is -0.143. The van der Waals surface area contributed by atoms with Gasteiger partial charge in [-0.2, -0.15) is 0 Å². The van der Waals surface area contributed by atoms with Gasteiger partial charge < -0.3 is 14.7 Å². The minimum Gasteiger partial charge on any atom is -0.493 e. The number of hydrogen-bond acceptors (Lipinski definition) is 6. The smallest absolute Gasteiger partial charge is 0.308 e. The van der Waals surface area contributed by atoms with Gasteiger partial charge in [0.25, 0.3) is 0 Å². The average Bonchev–Trinajstić information content (AvgIpc) is 3.42. The maximum Gasteiger partial charge on any atom is 0.308 e. The normalized spacial score (nSPS) is 21.8. The van der Waals surface area contributed by atoms with E-state index < -0.39 is 28.0 Å². The molecule has 36 heavy (non-hydrogen) atoms. The first-order valence-corrected chi connectivity index (χ1v) is 15.0. The second kappa shape index (κ2) is 12.9. The number of carboxylic acids is 1. The average molecular weight is 524 g/mol. The molecule has 1 saturated heterocycles. The molecule has 1 fully saturated rings. The summed E-state index contributed by atoms with van der Waals surface area (Å²) in [6, 6.07) is 5.40. The molecule has 0 bridgehead atoms. The third-order valence-corrected chi connectivity index (χ3v) is 7.96. The van der Waals surface area contributed by atoms with Crippen molar-refractivity contribution in [1.29, 1.82) is 0 Å². The minimum absolute atomic E-state index is 0.00474. The number of nitrogens with one attached hydrogen (secondary N) is 1. The van der Waals surface area contributed by atoms with E-state index in [1.165, 1.54) is 0 Å². The van der Waals surface area contributed by atoms with E-state index in [1.54, 1.807) is 0 Å². The standard InChI is InChI=1S/C26H41N3O6S/c1-4-6-13-28(14-7-5-2)24(30)18-29-17-21(19-8-9-23-20(16-19)11-15-35-23)25(26(31)32)22(29)10-12-27-36(3,33)34/h8-9,16,21-22,25,27H,4-7,10-15,17-18H2,1-3H3,(H,31,32)/t21-,22+,25-/m1/s1. The van der Waals surface area contributed by atoms with Crippen molar-refractivity contribution in [1.82, 2.24) is 14.5 Å². The molecule has 1 amide bonds. The van der Waals surface area contributed by atoms with Gasteiger partial charge in [0.05, 0.1) is 25.3 Å². The Kier molecular flexibility index (Phi) is 10.2. The number of carbonyl (C=O) groups excluding carboxylic acids is 1. The molecule has 1 aromatic carbocycles. The molecular weight excluding hydrogens is 482 g/mol. The summed E-state index contributed by atoms with van der Waals surface area (Å²) in [6.45, 7) is 6.89. The minimum atomic E-state index is -3.41. The molecule has 0 saturated carbocycles. The molecule has 2 N–H and O–H groups in total. The maximum atomic E-state index is 13.4. The molecule has 202 valence electrons. The quantitative estimate of drug-likeness (QED) is 0.385. The van der Waals surface area contributed by atoms with E-state index in [0.29, 0.717) is 32.7 Å². The molecule has 9 nitrogen and oxygen atoms in total. The lowest BCUT2D eigenvalue weighted by atomic mass is 9.83. The molecule has 0 aliphatic carbocycles. The number of benzene rings is 1. The number of ether oxygens (including phenoxy) is 1. The highest BCUT2D eigenvalue weighted by Crippen LogP contribution is 2.41. The molecule has 1 aromatic rings. The third kappa shape index (κ3) is 7.43.